The summed E-state index contributed by atoms with van der Waals surface area (Å²) in [5.41, 5.74) is 0. The Balaban J connectivity index is 4.55. The molecule has 0 bridgehead atoms. The quantitative estimate of drug-likeness (QED) is 0.0199. The monoisotopic (exact) mass is 885 g/mol. The van der Waals surface area contributed by atoms with Crippen molar-refractivity contribution in [2.45, 2.75) is 213 Å². The molecule has 0 aromatic carbocycles. The Morgan fingerprint density at radius 2 is 0.703 bits per heavy atom. The number of hydrogen-bond acceptors (Lipinski definition) is 6. The fourth-order valence-electron chi connectivity index (χ4n) is 6.45. The topological polar surface area (TPSA) is 78.9 Å². The SMILES string of the molecule is CC\C=C/C=C\C=C/CCCCCCCC(=O)OCC(COC(=O)CCC/C=C\C/C=C\C/C=C\C/C=C\CCCCC)OC(=O)CCCCCCCC/C=C\C/C=C\C/C=C\CC. The maximum atomic E-state index is 12.8. The van der Waals surface area contributed by atoms with Gasteiger partial charge in [0, 0.05) is 19.3 Å². The molecule has 0 saturated heterocycles. The molecule has 0 amide bonds. The van der Waals surface area contributed by atoms with E-state index in [9.17, 15) is 14.4 Å². The van der Waals surface area contributed by atoms with Crippen molar-refractivity contribution in [3.63, 3.8) is 0 Å². The second kappa shape index (κ2) is 51.4. The minimum absolute atomic E-state index is 0.115. The molecule has 0 radical (unpaired) electrons. The molecule has 0 aliphatic heterocycles. The van der Waals surface area contributed by atoms with E-state index in [4.69, 9.17) is 14.2 Å². The Hall–Kier alpha value is -4.19. The molecule has 6 nitrogen and oxygen atoms in total. The highest BCUT2D eigenvalue weighted by Gasteiger charge is 2.19. The first-order chi connectivity index (χ1) is 31.5. The lowest BCUT2D eigenvalue weighted by Crippen LogP contribution is -2.30. The van der Waals surface area contributed by atoms with Gasteiger partial charge >= 0.3 is 17.9 Å². The number of carbonyl (C=O) groups excluding carboxylic acids is 3. The summed E-state index contributed by atoms with van der Waals surface area (Å²) in [6.07, 6.45) is 70.4. The number of esters is 3. The van der Waals surface area contributed by atoms with E-state index in [0.29, 0.717) is 19.3 Å². The summed E-state index contributed by atoms with van der Waals surface area (Å²) in [6.45, 7) is 6.27. The molecule has 0 aliphatic carbocycles. The molecule has 1 unspecified atom stereocenters. The maximum Gasteiger partial charge on any atom is 0.306 e. The molecule has 0 spiro atoms. The van der Waals surface area contributed by atoms with Crippen LogP contribution in [0.3, 0.4) is 0 Å². The van der Waals surface area contributed by atoms with Crippen LogP contribution in [0.15, 0.2) is 122 Å². The molecule has 0 rings (SSSR count). The molecule has 0 aromatic rings. The lowest BCUT2D eigenvalue weighted by atomic mass is 10.1. The number of carbonyl (C=O) groups is 3. The molecule has 0 saturated carbocycles. The smallest absolute Gasteiger partial charge is 0.306 e. The molecule has 0 heterocycles. The van der Waals surface area contributed by atoms with Crippen LogP contribution in [-0.4, -0.2) is 37.2 Å². The Kier molecular flexibility index (Phi) is 48.1. The lowest BCUT2D eigenvalue weighted by molar-refractivity contribution is -0.167. The summed E-state index contributed by atoms with van der Waals surface area (Å²) in [4.78, 5) is 38.0. The lowest BCUT2D eigenvalue weighted by Gasteiger charge is -2.18. The molecule has 360 valence electrons. The summed E-state index contributed by atoms with van der Waals surface area (Å²) in [7, 11) is 0. The summed E-state index contributed by atoms with van der Waals surface area (Å²) in [5, 5.41) is 0. The predicted octanol–water partition coefficient (Wildman–Crippen LogP) is 16.9. The predicted molar refractivity (Wildman–Crippen MR) is 274 cm³/mol. The number of unbranched alkanes of at least 4 members (excludes halogenated alkanes) is 15. The summed E-state index contributed by atoms with van der Waals surface area (Å²) >= 11 is 0. The van der Waals surface area contributed by atoms with Gasteiger partial charge in [-0.25, -0.2) is 0 Å². The zero-order valence-electron chi connectivity index (χ0n) is 41.0. The standard InChI is InChI=1S/C58H92O6/c1-4-7-10-13-16-19-22-25-27-29-31-33-36-39-42-45-48-51-57(60)63-54-55(53-62-56(59)50-47-44-41-38-35-32-24-21-18-15-12-9-6-3)64-58(61)52-49-46-43-40-37-34-30-28-26-23-20-17-14-11-8-5-2/h8-9,11-12,15-21,24-28,31,33,39,42,55H,4-7,10,13-14,22-23,29-30,32,34-38,40-41,43-54H2,1-3H3/b11-8-,12-9-,18-15-,19-16-,20-17-,24-21-,27-25-,28-26-,33-31-,42-39-. The van der Waals surface area contributed by atoms with Gasteiger partial charge in [0.2, 0.25) is 0 Å². The number of hydrogen-bond donors (Lipinski definition) is 0. The second-order valence-corrected chi connectivity index (χ2v) is 16.4. The highest BCUT2D eigenvalue weighted by atomic mass is 16.6. The van der Waals surface area contributed by atoms with Crippen LogP contribution in [0, 0.1) is 0 Å². The van der Waals surface area contributed by atoms with Crippen molar-refractivity contribution in [1.29, 1.82) is 0 Å². The highest BCUT2D eigenvalue weighted by molar-refractivity contribution is 5.71. The van der Waals surface area contributed by atoms with Crippen molar-refractivity contribution in [2.24, 2.45) is 0 Å². The van der Waals surface area contributed by atoms with Gasteiger partial charge in [-0.1, -0.05) is 200 Å². The molecular weight excluding hydrogens is 793 g/mol. The van der Waals surface area contributed by atoms with Gasteiger partial charge in [-0.05, 0) is 109 Å². The van der Waals surface area contributed by atoms with Gasteiger partial charge in [0.1, 0.15) is 13.2 Å². The molecule has 6 heteroatoms. The fourth-order valence-corrected chi connectivity index (χ4v) is 6.45. The average Bonchev–Trinajstić information content (AvgIpc) is 3.29. The minimum atomic E-state index is -0.819. The van der Waals surface area contributed by atoms with Crippen molar-refractivity contribution in [2.75, 3.05) is 13.2 Å². The van der Waals surface area contributed by atoms with Gasteiger partial charge in [-0.3, -0.25) is 14.4 Å². The van der Waals surface area contributed by atoms with Gasteiger partial charge in [0.05, 0.1) is 0 Å². The Labute approximate surface area is 392 Å². The molecule has 64 heavy (non-hydrogen) atoms. The Bertz CT molecular complexity index is 1390. The van der Waals surface area contributed by atoms with Gasteiger partial charge in [-0.2, -0.15) is 0 Å². The van der Waals surface area contributed by atoms with Crippen LogP contribution in [0.25, 0.3) is 0 Å². The number of allylic oxidation sites excluding steroid dienone is 20. The highest BCUT2D eigenvalue weighted by Crippen LogP contribution is 2.13. The first-order valence-corrected chi connectivity index (χ1v) is 25.6. The number of ether oxygens (including phenoxy) is 3. The van der Waals surface area contributed by atoms with Crippen LogP contribution >= 0.6 is 0 Å². The third-order valence-corrected chi connectivity index (χ3v) is 10.2. The Morgan fingerprint density at radius 1 is 0.344 bits per heavy atom. The minimum Gasteiger partial charge on any atom is -0.462 e. The van der Waals surface area contributed by atoms with Crippen LogP contribution in [0.1, 0.15) is 207 Å². The third kappa shape index (κ3) is 48.8. The fraction of sp³-hybridized carbons (Fsp3) is 0.603. The molecule has 0 aromatic heterocycles. The first kappa shape index (κ1) is 59.8. The van der Waals surface area contributed by atoms with E-state index in [0.717, 1.165) is 122 Å². The zero-order valence-corrected chi connectivity index (χ0v) is 41.0. The summed E-state index contributed by atoms with van der Waals surface area (Å²) in [5.74, 6) is -1.01. The van der Waals surface area contributed by atoms with Crippen LogP contribution in [0.5, 0.6) is 0 Å². The maximum absolute atomic E-state index is 12.8. The van der Waals surface area contributed by atoms with Crippen molar-refractivity contribution in [3.8, 4) is 0 Å². The largest absolute Gasteiger partial charge is 0.462 e. The molecular formula is C58H92O6. The van der Waals surface area contributed by atoms with E-state index >= 15 is 0 Å². The van der Waals surface area contributed by atoms with Gasteiger partial charge in [0.25, 0.3) is 0 Å². The van der Waals surface area contributed by atoms with E-state index in [1.807, 2.05) is 6.08 Å². The van der Waals surface area contributed by atoms with Gasteiger partial charge in [-0.15, -0.1) is 0 Å². The van der Waals surface area contributed by atoms with E-state index in [-0.39, 0.29) is 37.5 Å². The van der Waals surface area contributed by atoms with Crippen molar-refractivity contribution in [3.05, 3.63) is 122 Å². The Morgan fingerprint density at radius 3 is 1.19 bits per heavy atom. The van der Waals surface area contributed by atoms with E-state index in [1.165, 1.54) is 38.5 Å². The number of rotatable bonds is 44. The molecule has 1 atom stereocenters. The van der Waals surface area contributed by atoms with Crippen LogP contribution in [0.4, 0.5) is 0 Å². The molecule has 0 N–H and O–H groups in total. The van der Waals surface area contributed by atoms with Gasteiger partial charge in [0.15, 0.2) is 6.10 Å². The zero-order chi connectivity index (χ0) is 46.5. The summed E-state index contributed by atoms with van der Waals surface area (Å²) < 4.78 is 16.7. The molecule has 0 aliphatic rings. The molecule has 0 fully saturated rings. The third-order valence-electron chi connectivity index (χ3n) is 10.2. The van der Waals surface area contributed by atoms with Crippen LogP contribution in [0.2, 0.25) is 0 Å². The van der Waals surface area contributed by atoms with E-state index in [1.54, 1.807) is 0 Å². The second-order valence-electron chi connectivity index (χ2n) is 16.4. The first-order valence-electron chi connectivity index (χ1n) is 25.6. The van der Waals surface area contributed by atoms with Crippen LogP contribution in [-0.2, 0) is 28.6 Å². The summed E-state index contributed by atoms with van der Waals surface area (Å²) in [6, 6.07) is 0. The van der Waals surface area contributed by atoms with Gasteiger partial charge < -0.3 is 14.2 Å². The van der Waals surface area contributed by atoms with Crippen LogP contribution < -0.4 is 0 Å². The van der Waals surface area contributed by atoms with Crippen molar-refractivity contribution >= 4 is 17.9 Å². The average molecular weight is 885 g/mol. The van der Waals surface area contributed by atoms with E-state index in [2.05, 4.69) is 136 Å². The van der Waals surface area contributed by atoms with Crippen molar-refractivity contribution in [1.82, 2.24) is 0 Å². The normalized spacial score (nSPS) is 13.1. The van der Waals surface area contributed by atoms with E-state index < -0.39 is 6.10 Å². The van der Waals surface area contributed by atoms with Crippen molar-refractivity contribution < 1.29 is 28.6 Å².